The molecular weight excluding hydrogens is 228 g/mol. The average Bonchev–Trinajstić information content (AvgIpc) is 2.85. The third-order valence-corrected chi connectivity index (χ3v) is 3.43. The topological polar surface area (TPSA) is 70.7 Å². The molecule has 5 nitrogen and oxygen atoms in total. The molecule has 100 valence electrons. The Bertz CT molecular complexity index is 432. The highest BCUT2D eigenvalue weighted by molar-refractivity contribution is 5.90. The van der Waals surface area contributed by atoms with Crippen LogP contribution in [0.1, 0.15) is 63.4 Å². The van der Waals surface area contributed by atoms with Gasteiger partial charge in [-0.15, -0.1) is 5.10 Å². The fourth-order valence-corrected chi connectivity index (χ4v) is 2.29. The van der Waals surface area contributed by atoms with E-state index in [-0.39, 0.29) is 23.2 Å². The van der Waals surface area contributed by atoms with Gasteiger partial charge in [-0.1, -0.05) is 27.7 Å². The molecule has 0 radical (unpaired) electrons. The van der Waals surface area contributed by atoms with E-state index in [2.05, 4.69) is 27.4 Å². The van der Waals surface area contributed by atoms with Gasteiger partial charge in [-0.3, -0.25) is 9.89 Å². The van der Waals surface area contributed by atoms with Gasteiger partial charge in [0.05, 0.1) is 0 Å². The van der Waals surface area contributed by atoms with E-state index in [4.69, 9.17) is 0 Å². The Kier molecular flexibility index (Phi) is 3.41. The molecule has 2 N–H and O–H groups in total. The summed E-state index contributed by atoms with van der Waals surface area (Å²) in [5, 5.41) is 9.84. The maximum atomic E-state index is 12.0. The zero-order chi connectivity index (χ0) is 13.3. The van der Waals surface area contributed by atoms with Crippen molar-refractivity contribution in [2.75, 3.05) is 0 Å². The van der Waals surface area contributed by atoms with Gasteiger partial charge in [0.15, 0.2) is 0 Å². The minimum absolute atomic E-state index is 0.118. The van der Waals surface area contributed by atoms with Gasteiger partial charge in [-0.25, -0.2) is 4.98 Å². The molecule has 1 heterocycles. The van der Waals surface area contributed by atoms with Crippen LogP contribution in [0.25, 0.3) is 0 Å². The van der Waals surface area contributed by atoms with Crippen molar-refractivity contribution in [1.82, 2.24) is 20.5 Å². The molecule has 18 heavy (non-hydrogen) atoms. The molecule has 1 aliphatic carbocycles. The Morgan fingerprint density at radius 2 is 2.11 bits per heavy atom. The van der Waals surface area contributed by atoms with Crippen LogP contribution < -0.4 is 5.32 Å². The Morgan fingerprint density at radius 3 is 2.61 bits per heavy atom. The zero-order valence-corrected chi connectivity index (χ0v) is 11.6. The average molecular weight is 250 g/mol. The summed E-state index contributed by atoms with van der Waals surface area (Å²) in [5.41, 5.74) is -0.118. The number of carbonyl (C=O) groups is 1. The number of rotatable bonds is 2. The largest absolute Gasteiger partial charge is 0.347 e. The van der Waals surface area contributed by atoms with Gasteiger partial charge in [0.25, 0.3) is 5.91 Å². The maximum absolute atomic E-state index is 12.0. The van der Waals surface area contributed by atoms with Gasteiger partial charge in [0, 0.05) is 11.5 Å². The number of hydrogen-bond donors (Lipinski definition) is 2. The first-order valence-electron chi connectivity index (χ1n) is 6.60. The SMILES string of the molecule is CC1CCC(NC(=O)c2n[nH]c(C(C)(C)C)n2)C1. The first-order valence-corrected chi connectivity index (χ1v) is 6.60. The number of aromatic nitrogens is 3. The van der Waals surface area contributed by atoms with Crippen molar-refractivity contribution >= 4 is 5.91 Å². The fourth-order valence-electron chi connectivity index (χ4n) is 2.29. The van der Waals surface area contributed by atoms with E-state index in [1.807, 2.05) is 20.8 Å². The molecule has 1 saturated carbocycles. The van der Waals surface area contributed by atoms with E-state index in [0.717, 1.165) is 18.7 Å². The van der Waals surface area contributed by atoms with Gasteiger partial charge in [0.1, 0.15) is 5.82 Å². The summed E-state index contributed by atoms with van der Waals surface area (Å²) in [6.45, 7) is 8.33. The van der Waals surface area contributed by atoms with Crippen molar-refractivity contribution in [2.45, 2.75) is 58.4 Å². The number of nitrogens with one attached hydrogen (secondary N) is 2. The summed E-state index contributed by atoms with van der Waals surface area (Å²) >= 11 is 0. The van der Waals surface area contributed by atoms with E-state index in [0.29, 0.717) is 5.92 Å². The predicted octanol–water partition coefficient (Wildman–Crippen LogP) is 2.02. The lowest BCUT2D eigenvalue weighted by atomic mass is 9.96. The zero-order valence-electron chi connectivity index (χ0n) is 11.6. The summed E-state index contributed by atoms with van der Waals surface area (Å²) in [5.74, 6) is 1.53. The Balaban J connectivity index is 1.99. The second-order valence-electron chi connectivity index (χ2n) is 6.35. The van der Waals surface area contributed by atoms with Crippen LogP contribution in [0.5, 0.6) is 0 Å². The van der Waals surface area contributed by atoms with Crippen LogP contribution in [-0.4, -0.2) is 27.1 Å². The number of carbonyl (C=O) groups excluding carboxylic acids is 1. The first-order chi connectivity index (χ1) is 8.36. The number of hydrogen-bond acceptors (Lipinski definition) is 3. The molecule has 0 spiro atoms. The van der Waals surface area contributed by atoms with Gasteiger partial charge < -0.3 is 5.32 Å². The third-order valence-electron chi connectivity index (χ3n) is 3.43. The lowest BCUT2D eigenvalue weighted by Gasteiger charge is -2.13. The molecule has 1 amide bonds. The molecule has 1 aromatic rings. The highest BCUT2D eigenvalue weighted by atomic mass is 16.2. The predicted molar refractivity (Wildman–Crippen MR) is 69.4 cm³/mol. The number of amides is 1. The van der Waals surface area contributed by atoms with Gasteiger partial charge in [-0.2, -0.15) is 0 Å². The van der Waals surface area contributed by atoms with Crippen molar-refractivity contribution in [3.05, 3.63) is 11.6 Å². The Labute approximate surface area is 108 Å². The highest BCUT2D eigenvalue weighted by Gasteiger charge is 2.26. The van der Waals surface area contributed by atoms with Crippen LogP contribution in [0.4, 0.5) is 0 Å². The van der Waals surface area contributed by atoms with E-state index in [1.54, 1.807) is 0 Å². The van der Waals surface area contributed by atoms with E-state index in [1.165, 1.54) is 6.42 Å². The summed E-state index contributed by atoms with van der Waals surface area (Å²) < 4.78 is 0. The molecule has 2 rings (SSSR count). The normalized spacial score (nSPS) is 24.2. The van der Waals surface area contributed by atoms with Crippen molar-refractivity contribution in [1.29, 1.82) is 0 Å². The minimum Gasteiger partial charge on any atom is -0.347 e. The monoisotopic (exact) mass is 250 g/mol. The molecule has 1 aromatic heterocycles. The maximum Gasteiger partial charge on any atom is 0.291 e. The second kappa shape index (κ2) is 4.71. The lowest BCUT2D eigenvalue weighted by Crippen LogP contribution is -2.33. The van der Waals surface area contributed by atoms with Gasteiger partial charge in [-0.05, 0) is 25.2 Å². The molecular formula is C13H22N4O. The third kappa shape index (κ3) is 2.89. The summed E-state index contributed by atoms with van der Waals surface area (Å²) in [7, 11) is 0. The number of aromatic amines is 1. The Morgan fingerprint density at radius 1 is 1.39 bits per heavy atom. The van der Waals surface area contributed by atoms with Crippen LogP contribution >= 0.6 is 0 Å². The van der Waals surface area contributed by atoms with E-state index in [9.17, 15) is 4.79 Å². The van der Waals surface area contributed by atoms with E-state index >= 15 is 0 Å². The van der Waals surface area contributed by atoms with Gasteiger partial charge >= 0.3 is 0 Å². The van der Waals surface area contributed by atoms with Gasteiger partial charge in [0.2, 0.25) is 5.82 Å². The van der Waals surface area contributed by atoms with Crippen LogP contribution in [0, 0.1) is 5.92 Å². The summed E-state index contributed by atoms with van der Waals surface area (Å²) in [4.78, 5) is 16.3. The molecule has 0 saturated heterocycles. The molecule has 5 heteroatoms. The summed E-state index contributed by atoms with van der Waals surface area (Å²) in [6.07, 6.45) is 3.30. The fraction of sp³-hybridized carbons (Fsp3) is 0.769. The minimum atomic E-state index is -0.166. The molecule has 2 unspecified atom stereocenters. The molecule has 2 atom stereocenters. The van der Waals surface area contributed by atoms with Crippen molar-refractivity contribution in [2.24, 2.45) is 5.92 Å². The number of nitrogens with zero attached hydrogens (tertiary/aromatic N) is 2. The van der Waals surface area contributed by atoms with Crippen molar-refractivity contribution < 1.29 is 4.79 Å². The molecule has 0 bridgehead atoms. The van der Waals surface area contributed by atoms with Crippen LogP contribution in [-0.2, 0) is 5.41 Å². The standard InChI is InChI=1S/C13H22N4O/c1-8-5-6-9(7-8)14-11(18)10-15-12(17-16-10)13(2,3)4/h8-9H,5-7H2,1-4H3,(H,14,18)(H,15,16,17). The highest BCUT2D eigenvalue weighted by Crippen LogP contribution is 2.24. The number of H-pyrrole nitrogens is 1. The molecule has 0 aromatic carbocycles. The van der Waals surface area contributed by atoms with Crippen molar-refractivity contribution in [3.8, 4) is 0 Å². The second-order valence-corrected chi connectivity index (χ2v) is 6.35. The molecule has 1 aliphatic rings. The Hall–Kier alpha value is -1.39. The van der Waals surface area contributed by atoms with E-state index < -0.39 is 0 Å². The van der Waals surface area contributed by atoms with Crippen LogP contribution in [0.2, 0.25) is 0 Å². The van der Waals surface area contributed by atoms with Crippen LogP contribution in [0.3, 0.4) is 0 Å². The summed E-state index contributed by atoms with van der Waals surface area (Å²) in [6, 6.07) is 0.282. The molecule has 1 fully saturated rings. The lowest BCUT2D eigenvalue weighted by molar-refractivity contribution is 0.0927. The van der Waals surface area contributed by atoms with Crippen molar-refractivity contribution in [3.63, 3.8) is 0 Å². The first kappa shape index (κ1) is 13.1. The smallest absolute Gasteiger partial charge is 0.291 e. The van der Waals surface area contributed by atoms with Crippen LogP contribution in [0.15, 0.2) is 0 Å². The quantitative estimate of drug-likeness (QED) is 0.843. The molecule has 0 aliphatic heterocycles.